The summed E-state index contributed by atoms with van der Waals surface area (Å²) in [4.78, 5) is 13.1. The average molecular weight is 150 g/mol. The smallest absolute Gasteiger partial charge is 0.358 e. The Labute approximate surface area is 62.5 Å². The van der Waals surface area contributed by atoms with Gasteiger partial charge in [0.2, 0.25) is 0 Å². The Kier molecular flexibility index (Phi) is 1.87. The summed E-state index contributed by atoms with van der Waals surface area (Å²) in [5.41, 5.74) is 0. The van der Waals surface area contributed by atoms with Crippen LogP contribution >= 0.6 is 0 Å². The molecule has 0 atom stereocenters. The van der Waals surface area contributed by atoms with Gasteiger partial charge in [-0.2, -0.15) is 0 Å². The summed E-state index contributed by atoms with van der Waals surface area (Å²) in [7, 11) is -0.0453. The molecule has 0 fully saturated rings. The molecule has 0 saturated heterocycles. The number of aromatic nitrogens is 2. The largest absolute Gasteiger partial charge is 0.479 e. The van der Waals surface area contributed by atoms with Crippen LogP contribution in [0.1, 0.15) is 0 Å². The van der Waals surface area contributed by atoms with Crippen molar-refractivity contribution in [2.24, 2.45) is 0 Å². The topological polar surface area (TPSA) is 84.8 Å². The highest BCUT2D eigenvalue weighted by atomic mass is 16.6. The molecule has 0 unspecified atom stereocenters. The number of imidazole rings is 1. The Hall–Kier alpha value is -1.84. The number of nitro groups is 1. The number of hydrogen-bond acceptors (Lipinski definition) is 4. The SMILES string of the molecule is N#CBn1cncc1[N+](=O)[O-]. The lowest BCUT2D eigenvalue weighted by atomic mass is 9.99. The first-order valence-electron chi connectivity index (χ1n) is 2.77. The van der Waals surface area contributed by atoms with Crippen LogP contribution in [0.25, 0.3) is 0 Å². The standard InChI is InChI=1S/C4H3BN4O2/c6-2-5-8-3-7-1-4(8)9(10)11/h1,3,5H. The zero-order valence-corrected chi connectivity index (χ0v) is 5.47. The predicted molar refractivity (Wildman–Crippen MR) is 37.0 cm³/mol. The van der Waals surface area contributed by atoms with Crippen molar-refractivity contribution in [3.63, 3.8) is 0 Å². The minimum atomic E-state index is -0.579. The second kappa shape index (κ2) is 2.83. The Balaban J connectivity index is 2.98. The monoisotopic (exact) mass is 150 g/mol. The predicted octanol–water partition coefficient (Wildman–Crippen LogP) is -0.528. The summed E-state index contributed by atoms with van der Waals surface area (Å²) >= 11 is 0. The van der Waals surface area contributed by atoms with Gasteiger partial charge in [0.25, 0.3) is 0 Å². The van der Waals surface area contributed by atoms with Crippen molar-refractivity contribution in [2.75, 3.05) is 0 Å². The van der Waals surface area contributed by atoms with Gasteiger partial charge in [0.15, 0.2) is 6.33 Å². The highest BCUT2D eigenvalue weighted by Crippen LogP contribution is 2.06. The molecule has 0 amide bonds. The van der Waals surface area contributed by atoms with E-state index in [1.165, 1.54) is 10.8 Å². The van der Waals surface area contributed by atoms with Crippen LogP contribution in [-0.2, 0) is 0 Å². The first-order valence-corrected chi connectivity index (χ1v) is 2.77. The molecule has 0 bridgehead atoms. The normalized spacial score (nSPS) is 8.64. The molecule has 7 heteroatoms. The molecule has 1 rings (SSSR count). The number of rotatable bonds is 2. The van der Waals surface area contributed by atoms with Gasteiger partial charge in [-0.25, -0.2) is 10.2 Å². The number of nitrogens with zero attached hydrogens (tertiary/aromatic N) is 4. The van der Waals surface area contributed by atoms with Gasteiger partial charge in [0.1, 0.15) is 6.20 Å². The summed E-state index contributed by atoms with van der Waals surface area (Å²) in [5.74, 6) is 1.62. The third kappa shape index (κ3) is 1.35. The number of nitriles is 1. The molecule has 11 heavy (non-hydrogen) atoms. The van der Waals surface area contributed by atoms with Gasteiger partial charge in [-0.05, 0) is 4.92 Å². The first-order chi connectivity index (χ1) is 5.25. The minimum Gasteiger partial charge on any atom is -0.358 e. The summed E-state index contributed by atoms with van der Waals surface area (Å²) in [6.45, 7) is 0. The maximum absolute atomic E-state index is 10.2. The van der Waals surface area contributed by atoms with E-state index >= 15 is 0 Å². The second-order valence-electron chi connectivity index (χ2n) is 1.79. The molecule has 1 aromatic heterocycles. The van der Waals surface area contributed by atoms with Crippen LogP contribution in [0.4, 0.5) is 5.82 Å². The molecule has 0 aliphatic carbocycles. The Morgan fingerprint density at radius 2 is 2.64 bits per heavy atom. The van der Waals surface area contributed by atoms with Crippen LogP contribution in [0.3, 0.4) is 0 Å². The second-order valence-corrected chi connectivity index (χ2v) is 1.79. The van der Waals surface area contributed by atoms with E-state index in [1.807, 2.05) is 0 Å². The molecular weight excluding hydrogens is 147 g/mol. The Morgan fingerprint density at radius 3 is 3.18 bits per heavy atom. The summed E-state index contributed by atoms with van der Waals surface area (Å²) in [6.07, 6.45) is 2.36. The van der Waals surface area contributed by atoms with Gasteiger partial charge in [-0.1, -0.05) is 0 Å². The molecule has 0 spiro atoms. The lowest BCUT2D eigenvalue weighted by molar-refractivity contribution is -0.390. The van der Waals surface area contributed by atoms with E-state index in [0.717, 1.165) is 6.20 Å². The molecular formula is C4H3BN4O2. The first kappa shape index (κ1) is 7.27. The fourth-order valence-corrected chi connectivity index (χ4v) is 0.664. The van der Waals surface area contributed by atoms with Gasteiger partial charge < -0.3 is 10.1 Å². The van der Waals surface area contributed by atoms with Crippen LogP contribution in [-0.4, -0.2) is 21.8 Å². The van der Waals surface area contributed by atoms with Gasteiger partial charge in [0.05, 0.1) is 5.97 Å². The van der Waals surface area contributed by atoms with Crippen LogP contribution in [0.2, 0.25) is 0 Å². The summed E-state index contributed by atoms with van der Waals surface area (Å²) in [5, 5.41) is 18.4. The van der Waals surface area contributed by atoms with Gasteiger partial charge >= 0.3 is 13.2 Å². The molecule has 0 N–H and O–H groups in total. The zero-order chi connectivity index (χ0) is 8.27. The zero-order valence-electron chi connectivity index (χ0n) is 5.47. The van der Waals surface area contributed by atoms with Crippen molar-refractivity contribution in [3.8, 4) is 5.97 Å². The Morgan fingerprint density at radius 1 is 1.91 bits per heavy atom. The van der Waals surface area contributed by atoms with E-state index in [1.54, 1.807) is 5.97 Å². The van der Waals surface area contributed by atoms with Crippen LogP contribution in [0, 0.1) is 21.3 Å². The molecule has 0 aromatic carbocycles. The lowest BCUT2D eigenvalue weighted by Gasteiger charge is -1.92. The van der Waals surface area contributed by atoms with E-state index in [9.17, 15) is 10.1 Å². The van der Waals surface area contributed by atoms with E-state index < -0.39 is 4.92 Å². The lowest BCUT2D eigenvalue weighted by Crippen LogP contribution is -2.05. The van der Waals surface area contributed by atoms with Crippen molar-refractivity contribution in [1.29, 1.82) is 5.26 Å². The molecule has 1 aromatic rings. The van der Waals surface area contributed by atoms with Gasteiger partial charge in [-0.15, -0.1) is 0 Å². The maximum atomic E-state index is 10.2. The average Bonchev–Trinajstić information content (AvgIpc) is 2.36. The van der Waals surface area contributed by atoms with Crippen molar-refractivity contribution >= 4 is 13.2 Å². The van der Waals surface area contributed by atoms with Crippen LogP contribution in [0.15, 0.2) is 12.5 Å². The third-order valence-corrected chi connectivity index (χ3v) is 1.12. The molecule has 0 aliphatic heterocycles. The number of hydrogen-bond donors (Lipinski definition) is 0. The van der Waals surface area contributed by atoms with Crippen molar-refractivity contribution in [2.45, 2.75) is 0 Å². The molecule has 54 valence electrons. The molecule has 0 aliphatic rings. The van der Waals surface area contributed by atoms with Gasteiger partial charge in [0, 0.05) is 0 Å². The van der Waals surface area contributed by atoms with Crippen LogP contribution < -0.4 is 0 Å². The van der Waals surface area contributed by atoms with Crippen molar-refractivity contribution < 1.29 is 4.92 Å². The molecule has 0 saturated carbocycles. The van der Waals surface area contributed by atoms with Gasteiger partial charge in [-0.3, -0.25) is 4.48 Å². The van der Waals surface area contributed by atoms with Crippen molar-refractivity contribution in [3.05, 3.63) is 22.6 Å². The summed E-state index contributed by atoms with van der Waals surface area (Å²) in [6, 6.07) is 0. The fraction of sp³-hybridized carbons (Fsp3) is 0. The fourth-order valence-electron chi connectivity index (χ4n) is 0.664. The van der Waals surface area contributed by atoms with E-state index in [2.05, 4.69) is 4.98 Å². The minimum absolute atomic E-state index is 0.0453. The third-order valence-electron chi connectivity index (χ3n) is 1.12. The highest BCUT2D eigenvalue weighted by Gasteiger charge is 2.12. The van der Waals surface area contributed by atoms with E-state index in [0.29, 0.717) is 0 Å². The highest BCUT2D eigenvalue weighted by molar-refractivity contribution is 6.43. The van der Waals surface area contributed by atoms with Crippen LogP contribution in [0.5, 0.6) is 0 Å². The Bertz CT molecular complexity index is 314. The maximum Gasteiger partial charge on any atom is 0.479 e. The summed E-state index contributed by atoms with van der Waals surface area (Å²) < 4.78 is 1.17. The van der Waals surface area contributed by atoms with E-state index in [-0.39, 0.29) is 13.2 Å². The van der Waals surface area contributed by atoms with Crippen molar-refractivity contribution in [1.82, 2.24) is 9.46 Å². The molecule has 6 nitrogen and oxygen atoms in total. The molecule has 1 heterocycles. The molecule has 0 radical (unpaired) electrons. The van der Waals surface area contributed by atoms with E-state index in [4.69, 9.17) is 5.26 Å². The quantitative estimate of drug-likeness (QED) is 0.322.